The molecule has 2 N–H and O–H groups in total. The van der Waals surface area contributed by atoms with Crippen molar-refractivity contribution in [3.63, 3.8) is 0 Å². The molecule has 0 aliphatic heterocycles. The van der Waals surface area contributed by atoms with Crippen LogP contribution in [0.3, 0.4) is 0 Å². The number of anilines is 2. The third-order valence-electron chi connectivity index (χ3n) is 6.26. The zero-order valence-electron chi connectivity index (χ0n) is 19.2. The third kappa shape index (κ3) is 5.19. The maximum Gasteiger partial charge on any atom is 0.225 e. The van der Waals surface area contributed by atoms with Crippen LogP contribution in [0.5, 0.6) is 0 Å². The van der Waals surface area contributed by atoms with E-state index in [-0.39, 0.29) is 30.2 Å². The largest absolute Gasteiger partial charge is 0.362 e. The second-order valence-corrected chi connectivity index (χ2v) is 9.26. The third-order valence-corrected chi connectivity index (χ3v) is 6.61. The van der Waals surface area contributed by atoms with Crippen molar-refractivity contribution in [2.24, 2.45) is 5.92 Å². The topological polar surface area (TPSA) is 70.2 Å². The first-order valence-electron chi connectivity index (χ1n) is 11.3. The van der Waals surface area contributed by atoms with E-state index in [0.717, 1.165) is 42.4 Å². The van der Waals surface area contributed by atoms with Crippen molar-refractivity contribution in [1.29, 1.82) is 0 Å². The summed E-state index contributed by atoms with van der Waals surface area (Å²) in [4.78, 5) is 24.1. The molecule has 0 spiro atoms. The van der Waals surface area contributed by atoms with Gasteiger partial charge in [0.05, 0.1) is 5.52 Å². The Morgan fingerprint density at radius 1 is 1.12 bits per heavy atom. The standard InChI is InChI=1S/C25H29ClFN5O/c1-15-8-13-20(26)19(22(15)27)14-28-24(33)16-9-11-17(12-10-16)29-25-30-21-7-5-4-6-18(21)23(31-25)32(2)3/h4-8,13,16-17H,9-12,14H2,1-3H3,(H,28,33)(H,29,30,31)/t16-,17+. The van der Waals surface area contributed by atoms with Crippen molar-refractivity contribution in [1.82, 2.24) is 15.3 Å². The van der Waals surface area contributed by atoms with Gasteiger partial charge in [0.2, 0.25) is 11.9 Å². The molecule has 2 aromatic carbocycles. The van der Waals surface area contributed by atoms with Crippen molar-refractivity contribution in [3.05, 3.63) is 58.4 Å². The van der Waals surface area contributed by atoms with Crippen molar-refractivity contribution in [2.75, 3.05) is 24.3 Å². The lowest BCUT2D eigenvalue weighted by atomic mass is 9.85. The molecule has 1 heterocycles. The molecule has 174 valence electrons. The molecule has 4 rings (SSSR count). The van der Waals surface area contributed by atoms with Crippen LogP contribution in [0.2, 0.25) is 5.02 Å². The summed E-state index contributed by atoms with van der Waals surface area (Å²) in [5.41, 5.74) is 1.75. The highest BCUT2D eigenvalue weighted by Gasteiger charge is 2.27. The maximum absolute atomic E-state index is 14.3. The zero-order chi connectivity index (χ0) is 23.5. The second-order valence-electron chi connectivity index (χ2n) is 8.85. The van der Waals surface area contributed by atoms with Gasteiger partial charge in [-0.15, -0.1) is 0 Å². The quantitative estimate of drug-likeness (QED) is 0.526. The highest BCUT2D eigenvalue weighted by Crippen LogP contribution is 2.29. The summed E-state index contributed by atoms with van der Waals surface area (Å²) in [6.07, 6.45) is 3.18. The number of aromatic nitrogens is 2. The molecule has 3 aromatic rings. The van der Waals surface area contributed by atoms with Gasteiger partial charge in [0.1, 0.15) is 11.6 Å². The molecule has 1 aliphatic rings. The van der Waals surface area contributed by atoms with E-state index in [0.29, 0.717) is 22.1 Å². The fraction of sp³-hybridized carbons (Fsp3) is 0.400. The van der Waals surface area contributed by atoms with Crippen LogP contribution in [0.15, 0.2) is 36.4 Å². The predicted octanol–water partition coefficient (Wildman–Crippen LogP) is 5.08. The summed E-state index contributed by atoms with van der Waals surface area (Å²) >= 11 is 6.12. The summed E-state index contributed by atoms with van der Waals surface area (Å²) in [7, 11) is 3.94. The molecule has 6 nitrogen and oxygen atoms in total. The Bertz CT molecular complexity index is 1160. The van der Waals surface area contributed by atoms with E-state index in [1.165, 1.54) is 0 Å². The molecule has 1 aromatic heterocycles. The lowest BCUT2D eigenvalue weighted by molar-refractivity contribution is -0.126. The number of nitrogens with zero attached hydrogens (tertiary/aromatic N) is 3. The highest BCUT2D eigenvalue weighted by atomic mass is 35.5. The Morgan fingerprint density at radius 2 is 1.85 bits per heavy atom. The van der Waals surface area contributed by atoms with Gasteiger partial charge < -0.3 is 15.5 Å². The Balaban J connectivity index is 1.35. The van der Waals surface area contributed by atoms with E-state index < -0.39 is 0 Å². The van der Waals surface area contributed by atoms with Gasteiger partial charge in [0.25, 0.3) is 0 Å². The fourth-order valence-electron chi connectivity index (χ4n) is 4.34. The lowest BCUT2D eigenvalue weighted by Gasteiger charge is -2.29. The zero-order valence-corrected chi connectivity index (χ0v) is 19.9. The molecule has 1 aliphatic carbocycles. The molecule has 8 heteroatoms. The van der Waals surface area contributed by atoms with Gasteiger partial charge in [-0.3, -0.25) is 4.79 Å². The molecule has 0 unspecified atom stereocenters. The number of rotatable bonds is 6. The number of amides is 1. The summed E-state index contributed by atoms with van der Waals surface area (Å²) < 4.78 is 14.3. The minimum Gasteiger partial charge on any atom is -0.362 e. The van der Waals surface area contributed by atoms with Gasteiger partial charge in [-0.2, -0.15) is 4.98 Å². The Kier molecular flexibility index (Phi) is 6.98. The van der Waals surface area contributed by atoms with E-state index in [9.17, 15) is 9.18 Å². The number of nitrogens with one attached hydrogen (secondary N) is 2. The minimum absolute atomic E-state index is 0.0535. The molecule has 0 atom stereocenters. The van der Waals surface area contributed by atoms with E-state index >= 15 is 0 Å². The number of para-hydroxylation sites is 1. The second kappa shape index (κ2) is 9.91. The molecule has 1 fully saturated rings. The molecule has 0 saturated heterocycles. The fourth-order valence-corrected chi connectivity index (χ4v) is 4.56. The molecule has 1 amide bonds. The summed E-state index contributed by atoms with van der Waals surface area (Å²) in [5, 5.41) is 7.67. The first-order valence-corrected chi connectivity index (χ1v) is 11.6. The number of carbonyl (C=O) groups is 1. The van der Waals surface area contributed by atoms with Crippen LogP contribution in [0.4, 0.5) is 16.2 Å². The van der Waals surface area contributed by atoms with Crippen LogP contribution in [-0.4, -0.2) is 36.0 Å². The predicted molar refractivity (Wildman–Crippen MR) is 131 cm³/mol. The van der Waals surface area contributed by atoms with Crippen LogP contribution in [-0.2, 0) is 11.3 Å². The van der Waals surface area contributed by atoms with Gasteiger partial charge in [-0.05, 0) is 56.4 Å². The number of halogens is 2. The molecule has 0 bridgehead atoms. The van der Waals surface area contributed by atoms with Crippen molar-refractivity contribution in [2.45, 2.75) is 45.2 Å². The summed E-state index contributed by atoms with van der Waals surface area (Å²) in [5.74, 6) is 0.975. The molecular weight excluding hydrogens is 441 g/mol. The summed E-state index contributed by atoms with van der Waals surface area (Å²) in [6, 6.07) is 11.5. The number of fused-ring (bicyclic) bond motifs is 1. The maximum atomic E-state index is 14.3. The first kappa shape index (κ1) is 23.2. The van der Waals surface area contributed by atoms with Crippen LogP contribution in [0.25, 0.3) is 10.9 Å². The number of carbonyl (C=O) groups excluding carboxylic acids is 1. The molecule has 0 radical (unpaired) electrons. The first-order chi connectivity index (χ1) is 15.8. The lowest BCUT2D eigenvalue weighted by Crippen LogP contribution is -2.36. The summed E-state index contributed by atoms with van der Waals surface area (Å²) in [6.45, 7) is 1.79. The molecule has 1 saturated carbocycles. The van der Waals surface area contributed by atoms with Gasteiger partial charge in [0.15, 0.2) is 0 Å². The van der Waals surface area contributed by atoms with Crippen LogP contribution in [0, 0.1) is 18.7 Å². The van der Waals surface area contributed by atoms with Crippen molar-refractivity contribution >= 4 is 40.2 Å². The minimum atomic E-state index is -0.358. The number of hydrogen-bond acceptors (Lipinski definition) is 5. The number of benzene rings is 2. The molecular formula is C25H29ClFN5O. The highest BCUT2D eigenvalue weighted by molar-refractivity contribution is 6.31. The van der Waals surface area contributed by atoms with Crippen LogP contribution >= 0.6 is 11.6 Å². The van der Waals surface area contributed by atoms with Gasteiger partial charge in [0, 0.05) is 48.6 Å². The monoisotopic (exact) mass is 469 g/mol. The van der Waals surface area contributed by atoms with Gasteiger partial charge in [-0.1, -0.05) is 29.8 Å². The van der Waals surface area contributed by atoms with E-state index in [4.69, 9.17) is 16.6 Å². The Labute approximate surface area is 198 Å². The van der Waals surface area contributed by atoms with Crippen molar-refractivity contribution in [3.8, 4) is 0 Å². The van der Waals surface area contributed by atoms with Crippen LogP contribution < -0.4 is 15.5 Å². The van der Waals surface area contributed by atoms with E-state index in [1.54, 1.807) is 19.1 Å². The average molecular weight is 470 g/mol. The average Bonchev–Trinajstić information content (AvgIpc) is 2.81. The normalized spacial score (nSPS) is 18.2. The van der Waals surface area contributed by atoms with Gasteiger partial charge in [-0.25, -0.2) is 9.37 Å². The van der Waals surface area contributed by atoms with Crippen LogP contribution in [0.1, 0.15) is 36.8 Å². The Hall–Kier alpha value is -2.93. The number of hydrogen-bond donors (Lipinski definition) is 2. The van der Waals surface area contributed by atoms with E-state index in [1.807, 2.05) is 43.3 Å². The van der Waals surface area contributed by atoms with Gasteiger partial charge >= 0.3 is 0 Å². The van der Waals surface area contributed by atoms with E-state index in [2.05, 4.69) is 15.6 Å². The SMILES string of the molecule is Cc1ccc(Cl)c(CNC(=O)[C@H]2CC[C@@H](Nc3nc(N(C)C)c4ccccc4n3)CC2)c1F. The number of aryl methyl sites for hydroxylation is 1. The molecule has 33 heavy (non-hydrogen) atoms. The Morgan fingerprint density at radius 3 is 2.58 bits per heavy atom. The smallest absolute Gasteiger partial charge is 0.225 e. The van der Waals surface area contributed by atoms with Crippen molar-refractivity contribution < 1.29 is 9.18 Å².